The van der Waals surface area contributed by atoms with Crippen LogP contribution in [0.3, 0.4) is 0 Å². The fourth-order valence-electron chi connectivity index (χ4n) is 1.94. The first-order valence-electron chi connectivity index (χ1n) is 5.75. The van der Waals surface area contributed by atoms with Crippen molar-refractivity contribution in [3.63, 3.8) is 0 Å². The van der Waals surface area contributed by atoms with E-state index in [1.54, 1.807) is 13.1 Å². The summed E-state index contributed by atoms with van der Waals surface area (Å²) in [7, 11) is -1.74. The Kier molecular flexibility index (Phi) is 4.75. The van der Waals surface area contributed by atoms with E-state index in [1.165, 1.54) is 22.1 Å². The molecule has 0 saturated heterocycles. The van der Waals surface area contributed by atoms with E-state index in [9.17, 15) is 8.42 Å². The van der Waals surface area contributed by atoms with Gasteiger partial charge in [0, 0.05) is 18.5 Å². The van der Waals surface area contributed by atoms with Crippen LogP contribution < -0.4 is 0 Å². The minimum atomic E-state index is -3.39. The number of hydrogen-bond donors (Lipinski definition) is 0. The van der Waals surface area contributed by atoms with Crippen LogP contribution in [0.15, 0.2) is 14.7 Å². The Morgan fingerprint density at radius 3 is 2.67 bits per heavy atom. The van der Waals surface area contributed by atoms with Crippen molar-refractivity contribution in [3.05, 3.63) is 14.7 Å². The third-order valence-electron chi connectivity index (χ3n) is 3.27. The van der Waals surface area contributed by atoms with E-state index in [-0.39, 0.29) is 0 Å². The fourth-order valence-corrected chi connectivity index (χ4v) is 5.91. The van der Waals surface area contributed by atoms with Crippen LogP contribution in [0.25, 0.3) is 0 Å². The molecule has 1 aromatic rings. The van der Waals surface area contributed by atoms with Gasteiger partial charge in [0.25, 0.3) is 0 Å². The number of sulfonamides is 1. The summed E-state index contributed by atoms with van der Waals surface area (Å²) in [5, 5.41) is 0. The SMILES string of the molecule is CN(CC1CCC1)S(=O)(=O)c1cc(CCl)sc1Br. The Hall–Kier alpha value is 0.380. The van der Waals surface area contributed by atoms with Gasteiger partial charge in [0.05, 0.1) is 9.67 Å². The Balaban J connectivity index is 2.20. The van der Waals surface area contributed by atoms with Crippen molar-refractivity contribution in [2.75, 3.05) is 13.6 Å². The number of rotatable bonds is 5. The lowest BCUT2D eigenvalue weighted by atomic mass is 9.86. The van der Waals surface area contributed by atoms with E-state index in [4.69, 9.17) is 11.6 Å². The maximum absolute atomic E-state index is 12.4. The molecule has 0 atom stereocenters. The van der Waals surface area contributed by atoms with Gasteiger partial charge in [0.15, 0.2) is 0 Å². The van der Waals surface area contributed by atoms with Gasteiger partial charge in [-0.05, 0) is 40.8 Å². The molecule has 0 N–H and O–H groups in total. The topological polar surface area (TPSA) is 37.4 Å². The van der Waals surface area contributed by atoms with Gasteiger partial charge >= 0.3 is 0 Å². The molecule has 0 aromatic carbocycles. The summed E-state index contributed by atoms with van der Waals surface area (Å²) in [5.41, 5.74) is 0. The fraction of sp³-hybridized carbons (Fsp3) is 0.636. The van der Waals surface area contributed by atoms with Crippen molar-refractivity contribution >= 4 is 48.9 Å². The minimum absolute atomic E-state index is 0.338. The summed E-state index contributed by atoms with van der Waals surface area (Å²) < 4.78 is 26.9. The van der Waals surface area contributed by atoms with Crippen LogP contribution >= 0.6 is 38.9 Å². The van der Waals surface area contributed by atoms with Crippen LogP contribution in [-0.4, -0.2) is 26.3 Å². The number of thiophene rings is 1. The lowest BCUT2D eigenvalue weighted by molar-refractivity contribution is 0.263. The first-order chi connectivity index (χ1) is 8.45. The molecule has 7 heteroatoms. The predicted molar refractivity (Wildman–Crippen MR) is 78.7 cm³/mol. The molecular formula is C11H15BrClNO2S2. The molecule has 102 valence electrons. The molecule has 0 aliphatic heterocycles. The third-order valence-corrected chi connectivity index (χ3v) is 7.79. The smallest absolute Gasteiger partial charge is 0.207 e. The summed E-state index contributed by atoms with van der Waals surface area (Å²) in [4.78, 5) is 1.20. The van der Waals surface area contributed by atoms with E-state index >= 15 is 0 Å². The van der Waals surface area contributed by atoms with E-state index in [1.807, 2.05) is 0 Å². The highest BCUT2D eigenvalue weighted by molar-refractivity contribution is 9.11. The zero-order valence-electron chi connectivity index (χ0n) is 10.0. The van der Waals surface area contributed by atoms with Crippen molar-refractivity contribution in [2.24, 2.45) is 5.92 Å². The zero-order chi connectivity index (χ0) is 13.3. The van der Waals surface area contributed by atoms with E-state index in [2.05, 4.69) is 15.9 Å². The Bertz CT molecular complexity index is 525. The lowest BCUT2D eigenvalue weighted by Crippen LogP contribution is -2.34. The highest BCUT2D eigenvalue weighted by Gasteiger charge is 2.29. The molecule has 0 spiro atoms. The second kappa shape index (κ2) is 5.79. The summed E-state index contributed by atoms with van der Waals surface area (Å²) in [6, 6.07) is 1.66. The monoisotopic (exact) mass is 371 g/mol. The van der Waals surface area contributed by atoms with Crippen LogP contribution in [0.2, 0.25) is 0 Å². The van der Waals surface area contributed by atoms with Crippen LogP contribution in [0.4, 0.5) is 0 Å². The normalized spacial score (nSPS) is 17.1. The molecule has 1 aliphatic rings. The van der Waals surface area contributed by atoms with Gasteiger partial charge in [-0.1, -0.05) is 6.42 Å². The molecule has 1 fully saturated rings. The highest BCUT2D eigenvalue weighted by Crippen LogP contribution is 2.35. The molecule has 1 heterocycles. The van der Waals surface area contributed by atoms with Gasteiger partial charge in [0.2, 0.25) is 10.0 Å². The van der Waals surface area contributed by atoms with Gasteiger partial charge in [-0.3, -0.25) is 0 Å². The van der Waals surface area contributed by atoms with Crippen molar-refractivity contribution in [2.45, 2.75) is 30.0 Å². The Morgan fingerprint density at radius 2 is 2.22 bits per heavy atom. The minimum Gasteiger partial charge on any atom is -0.207 e. The standard InChI is InChI=1S/C11H15BrClNO2S2/c1-14(7-8-3-2-4-8)18(15,16)10-5-9(6-13)17-11(10)12/h5,8H,2-4,6-7H2,1H3. The van der Waals surface area contributed by atoms with Crippen LogP contribution in [0.1, 0.15) is 24.1 Å². The van der Waals surface area contributed by atoms with Gasteiger partial charge < -0.3 is 0 Å². The first kappa shape index (κ1) is 14.8. The molecule has 1 aliphatic carbocycles. The largest absolute Gasteiger partial charge is 0.244 e. The lowest BCUT2D eigenvalue weighted by Gasteiger charge is -2.29. The molecular weight excluding hydrogens is 358 g/mol. The molecule has 2 rings (SSSR count). The summed E-state index contributed by atoms with van der Waals surface area (Å²) in [6.45, 7) is 0.612. The number of alkyl halides is 1. The molecule has 0 bridgehead atoms. The Morgan fingerprint density at radius 1 is 1.56 bits per heavy atom. The molecule has 1 aromatic heterocycles. The Labute approximate surface area is 125 Å². The van der Waals surface area contributed by atoms with Gasteiger partial charge in [-0.25, -0.2) is 12.7 Å². The van der Waals surface area contributed by atoms with Gasteiger partial charge in [-0.2, -0.15) is 0 Å². The van der Waals surface area contributed by atoms with Crippen molar-refractivity contribution in [3.8, 4) is 0 Å². The second-order valence-electron chi connectivity index (χ2n) is 4.57. The van der Waals surface area contributed by atoms with E-state index in [0.717, 1.165) is 17.7 Å². The molecule has 0 radical (unpaired) electrons. The van der Waals surface area contributed by atoms with Crippen molar-refractivity contribution in [1.29, 1.82) is 0 Å². The predicted octanol–water partition coefficient (Wildman–Crippen LogP) is 3.67. The van der Waals surface area contributed by atoms with Crippen LogP contribution in [0, 0.1) is 5.92 Å². The van der Waals surface area contributed by atoms with Gasteiger partial charge in [-0.15, -0.1) is 22.9 Å². The molecule has 1 saturated carbocycles. The maximum atomic E-state index is 12.4. The van der Waals surface area contributed by atoms with E-state index < -0.39 is 10.0 Å². The summed E-state index contributed by atoms with van der Waals surface area (Å²) in [6.07, 6.45) is 3.49. The number of hydrogen-bond acceptors (Lipinski definition) is 3. The van der Waals surface area contributed by atoms with Crippen molar-refractivity contribution < 1.29 is 8.42 Å². The molecule has 0 amide bonds. The highest BCUT2D eigenvalue weighted by atomic mass is 79.9. The van der Waals surface area contributed by atoms with Gasteiger partial charge in [0.1, 0.15) is 4.90 Å². The maximum Gasteiger partial charge on any atom is 0.244 e. The molecule has 18 heavy (non-hydrogen) atoms. The average molecular weight is 373 g/mol. The number of nitrogens with zero attached hydrogens (tertiary/aromatic N) is 1. The second-order valence-corrected chi connectivity index (χ2v) is 9.30. The quantitative estimate of drug-likeness (QED) is 0.740. The van der Waals surface area contributed by atoms with Crippen LogP contribution in [-0.2, 0) is 15.9 Å². The third kappa shape index (κ3) is 2.93. The summed E-state index contributed by atoms with van der Waals surface area (Å²) in [5.74, 6) is 0.861. The molecule has 3 nitrogen and oxygen atoms in total. The van der Waals surface area contributed by atoms with Crippen LogP contribution in [0.5, 0.6) is 0 Å². The zero-order valence-corrected chi connectivity index (χ0v) is 14.0. The summed E-state index contributed by atoms with van der Waals surface area (Å²) >= 11 is 10.4. The van der Waals surface area contributed by atoms with E-state index in [0.29, 0.717) is 27.0 Å². The average Bonchev–Trinajstić information content (AvgIpc) is 2.65. The number of halogens is 2. The van der Waals surface area contributed by atoms with Crippen molar-refractivity contribution in [1.82, 2.24) is 4.31 Å². The first-order valence-corrected chi connectivity index (χ1v) is 9.34. The molecule has 0 unspecified atom stereocenters.